The highest BCUT2D eigenvalue weighted by Crippen LogP contribution is 2.28. The van der Waals surface area contributed by atoms with Crippen molar-refractivity contribution in [3.8, 4) is 6.07 Å². The van der Waals surface area contributed by atoms with Crippen molar-refractivity contribution in [2.24, 2.45) is 5.73 Å². The van der Waals surface area contributed by atoms with E-state index in [0.717, 1.165) is 4.34 Å². The Balaban J connectivity index is 2.45. The fraction of sp³-hybridized carbons (Fsp3) is 0.556. The molecule has 2 unspecified atom stereocenters. The third-order valence-corrected chi connectivity index (χ3v) is 3.70. The highest BCUT2D eigenvalue weighted by atomic mass is 32.2. The van der Waals surface area contributed by atoms with Gasteiger partial charge in [-0.3, -0.25) is 0 Å². The van der Waals surface area contributed by atoms with Crippen LogP contribution in [0.4, 0.5) is 0 Å². The maximum absolute atomic E-state index is 8.77. The summed E-state index contributed by atoms with van der Waals surface area (Å²) in [5.41, 5.74) is 5.02. The molecule has 0 saturated carbocycles. The van der Waals surface area contributed by atoms with Crippen molar-refractivity contribution in [2.45, 2.75) is 35.4 Å². The van der Waals surface area contributed by atoms with Gasteiger partial charge in [0, 0.05) is 16.8 Å². The number of nitrogens with zero attached hydrogens (tertiary/aromatic N) is 2. The zero-order valence-corrected chi connectivity index (χ0v) is 9.86. The van der Waals surface area contributed by atoms with Crippen LogP contribution < -0.4 is 5.73 Å². The second kappa shape index (κ2) is 4.78. The maximum atomic E-state index is 8.77. The fourth-order valence-electron chi connectivity index (χ4n) is 1.13. The standard InChI is InChI=1S/C9H13N3S2/c1-7(5-9(2,11)6-10)14-8-12-3-4-13-8/h3-4,7H,5,11H2,1-2H3. The lowest BCUT2D eigenvalue weighted by Gasteiger charge is -2.19. The van der Waals surface area contributed by atoms with Crippen LogP contribution in [0.1, 0.15) is 20.3 Å². The van der Waals surface area contributed by atoms with Crippen LogP contribution in [0.2, 0.25) is 0 Å². The second-order valence-corrected chi connectivity index (χ2v) is 6.04. The molecule has 2 N–H and O–H groups in total. The molecule has 14 heavy (non-hydrogen) atoms. The van der Waals surface area contributed by atoms with Crippen molar-refractivity contribution in [2.75, 3.05) is 0 Å². The Morgan fingerprint density at radius 1 is 1.86 bits per heavy atom. The van der Waals surface area contributed by atoms with Crippen LogP contribution in [0.5, 0.6) is 0 Å². The second-order valence-electron chi connectivity index (χ2n) is 3.46. The molecule has 1 rings (SSSR count). The van der Waals surface area contributed by atoms with Crippen LogP contribution in [0, 0.1) is 11.3 Å². The summed E-state index contributed by atoms with van der Waals surface area (Å²) in [6.45, 7) is 3.82. The van der Waals surface area contributed by atoms with Crippen molar-refractivity contribution in [3.63, 3.8) is 0 Å². The summed E-state index contributed by atoms with van der Waals surface area (Å²) in [7, 11) is 0. The summed E-state index contributed by atoms with van der Waals surface area (Å²) in [4.78, 5) is 4.17. The van der Waals surface area contributed by atoms with Crippen molar-refractivity contribution in [1.82, 2.24) is 4.98 Å². The van der Waals surface area contributed by atoms with Gasteiger partial charge in [0.05, 0.1) is 6.07 Å². The maximum Gasteiger partial charge on any atom is 0.150 e. The van der Waals surface area contributed by atoms with E-state index in [2.05, 4.69) is 18.0 Å². The summed E-state index contributed by atoms with van der Waals surface area (Å²) in [5.74, 6) is 0. The molecule has 0 bridgehead atoms. The predicted octanol–water partition coefficient (Wildman–Crippen LogP) is 2.25. The molecule has 0 radical (unpaired) electrons. The number of thiazole rings is 1. The van der Waals surface area contributed by atoms with Gasteiger partial charge in [-0.2, -0.15) is 5.26 Å². The van der Waals surface area contributed by atoms with Crippen molar-refractivity contribution >= 4 is 23.1 Å². The normalized spacial score (nSPS) is 17.0. The Kier molecular flexibility index (Phi) is 3.93. The van der Waals surface area contributed by atoms with E-state index in [1.807, 2.05) is 5.38 Å². The summed E-state index contributed by atoms with van der Waals surface area (Å²) >= 11 is 3.28. The lowest BCUT2D eigenvalue weighted by molar-refractivity contribution is 0.545. The molecule has 3 nitrogen and oxygen atoms in total. The Morgan fingerprint density at radius 3 is 3.07 bits per heavy atom. The Labute approximate surface area is 92.3 Å². The van der Waals surface area contributed by atoms with Gasteiger partial charge >= 0.3 is 0 Å². The molecule has 0 aliphatic carbocycles. The molecule has 0 aliphatic heterocycles. The fourth-order valence-corrected chi connectivity index (χ4v) is 3.26. The largest absolute Gasteiger partial charge is 0.314 e. The average molecular weight is 227 g/mol. The highest BCUT2D eigenvalue weighted by Gasteiger charge is 2.21. The first-order chi connectivity index (χ1) is 6.53. The van der Waals surface area contributed by atoms with E-state index >= 15 is 0 Å². The van der Waals surface area contributed by atoms with Gasteiger partial charge in [0.2, 0.25) is 0 Å². The van der Waals surface area contributed by atoms with E-state index < -0.39 is 5.54 Å². The van der Waals surface area contributed by atoms with Crippen LogP contribution in [-0.2, 0) is 0 Å². The summed E-state index contributed by atoms with van der Waals surface area (Å²) in [6, 6.07) is 2.10. The molecule has 0 aromatic carbocycles. The molecular weight excluding hydrogens is 214 g/mol. The zero-order chi connectivity index (χ0) is 10.6. The SMILES string of the molecule is CC(CC(C)(N)C#N)Sc1nccs1. The highest BCUT2D eigenvalue weighted by molar-refractivity contribution is 8.01. The van der Waals surface area contributed by atoms with Gasteiger partial charge in [0.15, 0.2) is 0 Å². The molecule has 2 atom stereocenters. The number of hydrogen-bond acceptors (Lipinski definition) is 5. The molecule has 0 spiro atoms. The number of hydrogen-bond donors (Lipinski definition) is 1. The molecule has 0 amide bonds. The van der Waals surface area contributed by atoms with E-state index in [-0.39, 0.29) is 0 Å². The third kappa shape index (κ3) is 3.66. The first kappa shape index (κ1) is 11.5. The van der Waals surface area contributed by atoms with Gasteiger partial charge in [-0.25, -0.2) is 4.98 Å². The van der Waals surface area contributed by atoms with Gasteiger partial charge in [-0.1, -0.05) is 18.7 Å². The zero-order valence-electron chi connectivity index (χ0n) is 8.23. The summed E-state index contributed by atoms with van der Waals surface area (Å²) in [5, 5.41) is 11.0. The van der Waals surface area contributed by atoms with E-state index in [1.165, 1.54) is 0 Å². The van der Waals surface area contributed by atoms with Gasteiger partial charge in [0.25, 0.3) is 0 Å². The monoisotopic (exact) mass is 227 g/mol. The molecule has 0 fully saturated rings. The number of rotatable bonds is 4. The summed E-state index contributed by atoms with van der Waals surface area (Å²) in [6.07, 6.45) is 2.46. The van der Waals surface area contributed by atoms with E-state index in [1.54, 1.807) is 36.2 Å². The Hall–Kier alpha value is -0.570. The number of aromatic nitrogens is 1. The number of thioether (sulfide) groups is 1. The summed E-state index contributed by atoms with van der Waals surface area (Å²) < 4.78 is 1.03. The van der Waals surface area contributed by atoms with Gasteiger partial charge in [0.1, 0.15) is 9.88 Å². The Bertz CT molecular complexity index is 313. The van der Waals surface area contributed by atoms with Crippen LogP contribution in [0.3, 0.4) is 0 Å². The van der Waals surface area contributed by atoms with Gasteiger partial charge < -0.3 is 5.73 Å². The van der Waals surface area contributed by atoms with E-state index in [9.17, 15) is 0 Å². The number of nitriles is 1. The number of nitrogens with two attached hydrogens (primary N) is 1. The lowest BCUT2D eigenvalue weighted by atomic mass is 10.00. The van der Waals surface area contributed by atoms with Gasteiger partial charge in [-0.15, -0.1) is 11.3 Å². The van der Waals surface area contributed by atoms with E-state index in [4.69, 9.17) is 11.0 Å². The van der Waals surface area contributed by atoms with Crippen molar-refractivity contribution in [1.29, 1.82) is 5.26 Å². The minimum absolute atomic E-state index is 0.316. The average Bonchev–Trinajstić information content (AvgIpc) is 2.55. The molecule has 1 aromatic rings. The first-order valence-electron chi connectivity index (χ1n) is 4.30. The molecule has 5 heteroatoms. The quantitative estimate of drug-likeness (QED) is 0.801. The molecule has 1 aromatic heterocycles. The van der Waals surface area contributed by atoms with Crippen LogP contribution in [0.15, 0.2) is 15.9 Å². The minimum atomic E-state index is -0.732. The van der Waals surface area contributed by atoms with Crippen LogP contribution >= 0.6 is 23.1 Å². The first-order valence-corrected chi connectivity index (χ1v) is 6.06. The van der Waals surface area contributed by atoms with Crippen molar-refractivity contribution in [3.05, 3.63) is 11.6 Å². The molecule has 0 aliphatic rings. The smallest absolute Gasteiger partial charge is 0.150 e. The molecular formula is C9H13N3S2. The molecule has 1 heterocycles. The predicted molar refractivity (Wildman–Crippen MR) is 60.3 cm³/mol. The molecule has 76 valence electrons. The van der Waals surface area contributed by atoms with Gasteiger partial charge in [-0.05, 0) is 13.3 Å². The Morgan fingerprint density at radius 2 is 2.57 bits per heavy atom. The minimum Gasteiger partial charge on any atom is -0.314 e. The van der Waals surface area contributed by atoms with Crippen molar-refractivity contribution < 1.29 is 0 Å². The lowest BCUT2D eigenvalue weighted by Crippen LogP contribution is -2.36. The third-order valence-electron chi connectivity index (χ3n) is 1.68. The molecule has 0 saturated heterocycles. The topological polar surface area (TPSA) is 62.7 Å². The van der Waals surface area contributed by atoms with Crippen LogP contribution in [-0.4, -0.2) is 15.8 Å². The van der Waals surface area contributed by atoms with Crippen LogP contribution in [0.25, 0.3) is 0 Å². The van der Waals surface area contributed by atoms with E-state index in [0.29, 0.717) is 11.7 Å².